The smallest absolute Gasteiger partial charge is 0.312 e. The lowest BCUT2D eigenvalue weighted by molar-refractivity contribution is -0.131. The number of sulfonamides is 1. The van der Waals surface area contributed by atoms with E-state index in [4.69, 9.17) is 5.73 Å². The molecule has 2 rings (SSSR count). The molecule has 3 N–H and O–H groups in total. The van der Waals surface area contributed by atoms with Gasteiger partial charge in [-0.05, 0) is 18.2 Å². The fourth-order valence-corrected chi connectivity index (χ4v) is 3.68. The molecule has 1 aliphatic heterocycles. The molecule has 1 heterocycles. The van der Waals surface area contributed by atoms with Crippen molar-refractivity contribution in [1.29, 1.82) is 0 Å². The van der Waals surface area contributed by atoms with Crippen LogP contribution in [0.1, 0.15) is 0 Å². The third kappa shape index (κ3) is 4.17. The fraction of sp³-hybridized carbons (Fsp3) is 0.385. The maximum Gasteiger partial charge on any atom is 0.312 e. The highest BCUT2D eigenvalue weighted by atomic mass is 32.2. The van der Waals surface area contributed by atoms with E-state index >= 15 is 0 Å². The molecule has 23 heavy (non-hydrogen) atoms. The van der Waals surface area contributed by atoms with Gasteiger partial charge in [0.2, 0.25) is 15.9 Å². The molecular weight excluding hydrogens is 327 g/mol. The molecule has 0 spiro atoms. The number of halogens is 1. The summed E-state index contributed by atoms with van der Waals surface area (Å²) in [6.45, 7) is 0.343. The summed E-state index contributed by atoms with van der Waals surface area (Å²) in [4.78, 5) is 23.7. The van der Waals surface area contributed by atoms with Crippen molar-refractivity contribution in [2.75, 3.05) is 32.7 Å². The van der Waals surface area contributed by atoms with E-state index in [1.807, 2.05) is 0 Å². The molecule has 0 radical (unpaired) electrons. The molecule has 0 saturated carbocycles. The van der Waals surface area contributed by atoms with Crippen LogP contribution in [0.5, 0.6) is 0 Å². The molecule has 0 bridgehead atoms. The summed E-state index contributed by atoms with van der Waals surface area (Å²) in [5.74, 6) is -0.969. The van der Waals surface area contributed by atoms with Crippen molar-refractivity contribution in [3.8, 4) is 0 Å². The van der Waals surface area contributed by atoms with Crippen LogP contribution in [0.25, 0.3) is 0 Å². The van der Waals surface area contributed by atoms with Crippen LogP contribution in [-0.2, 0) is 14.8 Å². The molecule has 1 aliphatic rings. The standard InChI is InChI=1S/C13H17FN4O4S/c14-10-2-1-3-11(8-10)23(21,22)18-6-4-17(5-7-18)12(19)9-16-13(15)20/h1-3,8H,4-7,9H2,(H3,15,16,20). The average molecular weight is 344 g/mol. The lowest BCUT2D eigenvalue weighted by atomic mass is 10.3. The average Bonchev–Trinajstić information content (AvgIpc) is 2.52. The quantitative estimate of drug-likeness (QED) is 0.754. The number of hydrogen-bond donors (Lipinski definition) is 2. The summed E-state index contributed by atoms with van der Waals surface area (Å²) in [6, 6.07) is 3.99. The molecule has 0 aliphatic carbocycles. The normalized spacial score (nSPS) is 16.1. The highest BCUT2D eigenvalue weighted by molar-refractivity contribution is 7.89. The van der Waals surface area contributed by atoms with Crippen molar-refractivity contribution in [3.63, 3.8) is 0 Å². The van der Waals surface area contributed by atoms with Gasteiger partial charge in [-0.1, -0.05) is 6.07 Å². The fourth-order valence-electron chi connectivity index (χ4n) is 2.23. The Morgan fingerprint density at radius 1 is 1.22 bits per heavy atom. The Kier molecular flexibility index (Phi) is 5.16. The minimum absolute atomic E-state index is 0.0984. The number of carbonyl (C=O) groups is 2. The van der Waals surface area contributed by atoms with Gasteiger partial charge >= 0.3 is 6.03 Å². The number of nitrogens with zero attached hydrogens (tertiary/aromatic N) is 2. The molecule has 8 nitrogen and oxygen atoms in total. The molecular formula is C13H17FN4O4S. The summed E-state index contributed by atoms with van der Waals surface area (Å²) in [5, 5.41) is 2.19. The van der Waals surface area contributed by atoms with E-state index in [1.165, 1.54) is 27.4 Å². The van der Waals surface area contributed by atoms with E-state index in [9.17, 15) is 22.4 Å². The number of carbonyl (C=O) groups excluding carboxylic acids is 2. The first-order valence-electron chi connectivity index (χ1n) is 6.87. The molecule has 0 unspecified atom stereocenters. The van der Waals surface area contributed by atoms with Crippen LogP contribution in [0.4, 0.5) is 9.18 Å². The van der Waals surface area contributed by atoms with E-state index in [-0.39, 0.29) is 43.5 Å². The molecule has 1 aromatic carbocycles. The van der Waals surface area contributed by atoms with Gasteiger partial charge in [-0.2, -0.15) is 4.31 Å². The maximum absolute atomic E-state index is 13.2. The van der Waals surface area contributed by atoms with Crippen molar-refractivity contribution in [1.82, 2.24) is 14.5 Å². The van der Waals surface area contributed by atoms with Crippen molar-refractivity contribution in [2.45, 2.75) is 4.90 Å². The van der Waals surface area contributed by atoms with Gasteiger partial charge in [-0.25, -0.2) is 17.6 Å². The van der Waals surface area contributed by atoms with Crippen molar-refractivity contribution < 1.29 is 22.4 Å². The summed E-state index contributed by atoms with van der Waals surface area (Å²) >= 11 is 0. The predicted octanol–water partition coefficient (Wildman–Crippen LogP) is -0.673. The lowest BCUT2D eigenvalue weighted by Gasteiger charge is -2.34. The van der Waals surface area contributed by atoms with Gasteiger partial charge < -0.3 is 16.0 Å². The molecule has 0 aromatic heterocycles. The lowest BCUT2D eigenvalue weighted by Crippen LogP contribution is -2.52. The van der Waals surface area contributed by atoms with Crippen molar-refractivity contribution >= 4 is 22.0 Å². The number of rotatable bonds is 4. The van der Waals surface area contributed by atoms with Crippen LogP contribution in [0.15, 0.2) is 29.2 Å². The number of piperazine rings is 1. The molecule has 3 amide bonds. The molecule has 1 fully saturated rings. The van der Waals surface area contributed by atoms with Crippen molar-refractivity contribution in [2.24, 2.45) is 5.73 Å². The first-order chi connectivity index (χ1) is 10.8. The Labute approximate surface area is 133 Å². The molecule has 10 heteroatoms. The number of hydrogen-bond acceptors (Lipinski definition) is 4. The Bertz CT molecular complexity index is 702. The number of primary amides is 1. The summed E-state index contributed by atoms with van der Waals surface area (Å²) < 4.78 is 39.2. The zero-order chi connectivity index (χ0) is 17.0. The van der Waals surface area contributed by atoms with Gasteiger partial charge in [-0.3, -0.25) is 4.79 Å². The highest BCUT2D eigenvalue weighted by Crippen LogP contribution is 2.18. The molecule has 1 aromatic rings. The van der Waals surface area contributed by atoms with E-state index in [0.717, 1.165) is 6.07 Å². The topological polar surface area (TPSA) is 113 Å². The molecule has 0 atom stereocenters. The van der Waals surface area contributed by atoms with E-state index in [2.05, 4.69) is 5.32 Å². The number of nitrogens with one attached hydrogen (secondary N) is 1. The minimum Gasteiger partial charge on any atom is -0.352 e. The maximum atomic E-state index is 13.2. The Balaban J connectivity index is 1.98. The van der Waals surface area contributed by atoms with Crippen LogP contribution in [-0.4, -0.2) is 62.3 Å². The van der Waals surface area contributed by atoms with Gasteiger partial charge in [0.25, 0.3) is 0 Å². The van der Waals surface area contributed by atoms with E-state index < -0.39 is 21.9 Å². The SMILES string of the molecule is NC(=O)NCC(=O)N1CCN(S(=O)(=O)c2cccc(F)c2)CC1. The van der Waals surface area contributed by atoms with Gasteiger partial charge in [0.1, 0.15) is 5.82 Å². The number of amides is 3. The van der Waals surface area contributed by atoms with E-state index in [1.54, 1.807) is 0 Å². The molecule has 126 valence electrons. The van der Waals surface area contributed by atoms with Gasteiger partial charge in [0.15, 0.2) is 0 Å². The third-order valence-corrected chi connectivity index (χ3v) is 5.33. The molecule has 1 saturated heterocycles. The van der Waals surface area contributed by atoms with Crippen LogP contribution in [0, 0.1) is 5.82 Å². The Morgan fingerprint density at radius 3 is 2.43 bits per heavy atom. The second kappa shape index (κ2) is 6.92. The largest absolute Gasteiger partial charge is 0.352 e. The van der Waals surface area contributed by atoms with Crippen LogP contribution < -0.4 is 11.1 Å². The first-order valence-corrected chi connectivity index (χ1v) is 8.31. The zero-order valence-electron chi connectivity index (χ0n) is 12.2. The first kappa shape index (κ1) is 17.2. The van der Waals surface area contributed by atoms with Gasteiger partial charge in [0.05, 0.1) is 11.4 Å². The van der Waals surface area contributed by atoms with Crippen LogP contribution in [0.2, 0.25) is 0 Å². The number of benzene rings is 1. The summed E-state index contributed by atoms with van der Waals surface area (Å²) in [5.41, 5.74) is 4.89. The highest BCUT2D eigenvalue weighted by Gasteiger charge is 2.30. The monoisotopic (exact) mass is 344 g/mol. The summed E-state index contributed by atoms with van der Waals surface area (Å²) in [7, 11) is -3.79. The Hall–Kier alpha value is -2.20. The van der Waals surface area contributed by atoms with Crippen LogP contribution >= 0.6 is 0 Å². The summed E-state index contributed by atoms with van der Waals surface area (Å²) in [6.07, 6.45) is 0. The van der Waals surface area contributed by atoms with Gasteiger partial charge in [0, 0.05) is 26.2 Å². The second-order valence-electron chi connectivity index (χ2n) is 4.96. The number of urea groups is 1. The van der Waals surface area contributed by atoms with Crippen molar-refractivity contribution in [3.05, 3.63) is 30.1 Å². The van der Waals surface area contributed by atoms with E-state index in [0.29, 0.717) is 0 Å². The zero-order valence-corrected chi connectivity index (χ0v) is 13.1. The Morgan fingerprint density at radius 2 is 1.87 bits per heavy atom. The van der Waals surface area contributed by atoms with Crippen LogP contribution in [0.3, 0.4) is 0 Å². The minimum atomic E-state index is -3.79. The van der Waals surface area contributed by atoms with Gasteiger partial charge in [-0.15, -0.1) is 0 Å². The predicted molar refractivity (Wildman–Crippen MR) is 79.3 cm³/mol. The third-order valence-electron chi connectivity index (χ3n) is 3.44. The second-order valence-corrected chi connectivity index (χ2v) is 6.90. The number of nitrogens with two attached hydrogens (primary N) is 1.